The molecule has 3 N–H and O–H groups in total. The summed E-state index contributed by atoms with van der Waals surface area (Å²) in [7, 11) is -3.16. The number of hydrazine groups is 1. The highest BCUT2D eigenvalue weighted by Crippen LogP contribution is 2.24. The van der Waals surface area contributed by atoms with Crippen LogP contribution in [-0.4, -0.2) is 48.9 Å². The zero-order valence-corrected chi connectivity index (χ0v) is 13.6. The van der Waals surface area contributed by atoms with Crippen LogP contribution < -0.4 is 11.3 Å². The molecule has 9 heteroatoms. The fourth-order valence-electron chi connectivity index (χ4n) is 2.32. The third-order valence-corrected chi connectivity index (χ3v) is 6.08. The monoisotopic (exact) mass is 333 g/mol. The van der Waals surface area contributed by atoms with Gasteiger partial charge in [0.25, 0.3) is 5.91 Å². The van der Waals surface area contributed by atoms with E-state index in [2.05, 4.69) is 5.43 Å². The Hall–Kier alpha value is -1.03. The average Bonchev–Trinajstić information content (AvgIpc) is 2.78. The number of hydrogen-bond donors (Lipinski definition) is 2. The SMILES string of the molecule is Cc1oc(CN2CCSCC2S(C)(=O)=O)cc1C(=O)NN. The molecule has 21 heavy (non-hydrogen) atoms. The van der Waals surface area contributed by atoms with Crippen molar-refractivity contribution >= 4 is 27.5 Å². The molecule has 0 aliphatic carbocycles. The summed E-state index contributed by atoms with van der Waals surface area (Å²) in [6.07, 6.45) is 1.25. The van der Waals surface area contributed by atoms with E-state index in [-0.39, 0.29) is 0 Å². The molecule has 0 aromatic carbocycles. The Balaban J connectivity index is 2.18. The van der Waals surface area contributed by atoms with Gasteiger partial charge in [0.2, 0.25) is 0 Å². The minimum atomic E-state index is -3.16. The van der Waals surface area contributed by atoms with E-state index >= 15 is 0 Å². The number of furan rings is 1. The molecule has 1 atom stereocenters. The Morgan fingerprint density at radius 3 is 2.95 bits per heavy atom. The van der Waals surface area contributed by atoms with Crippen LogP contribution in [0, 0.1) is 6.92 Å². The van der Waals surface area contributed by atoms with E-state index in [1.54, 1.807) is 24.8 Å². The number of hydrogen-bond acceptors (Lipinski definition) is 7. The van der Waals surface area contributed by atoms with Crippen LogP contribution in [0.1, 0.15) is 21.9 Å². The van der Waals surface area contributed by atoms with Crippen molar-refractivity contribution < 1.29 is 17.6 Å². The van der Waals surface area contributed by atoms with Crippen molar-refractivity contribution in [3.05, 3.63) is 23.2 Å². The van der Waals surface area contributed by atoms with Crippen LogP contribution in [0.2, 0.25) is 0 Å². The second-order valence-electron chi connectivity index (χ2n) is 4.99. The number of thioether (sulfide) groups is 1. The molecule has 1 unspecified atom stereocenters. The van der Waals surface area contributed by atoms with Crippen molar-refractivity contribution in [2.75, 3.05) is 24.3 Å². The summed E-state index contributed by atoms with van der Waals surface area (Å²) < 4.78 is 29.2. The van der Waals surface area contributed by atoms with Gasteiger partial charge >= 0.3 is 0 Å². The lowest BCUT2D eigenvalue weighted by Gasteiger charge is -2.33. The van der Waals surface area contributed by atoms with E-state index < -0.39 is 21.1 Å². The first kappa shape index (κ1) is 16.3. The highest BCUT2D eigenvalue weighted by Gasteiger charge is 2.31. The van der Waals surface area contributed by atoms with Gasteiger partial charge in [-0.1, -0.05) is 0 Å². The second kappa shape index (κ2) is 6.39. The van der Waals surface area contributed by atoms with Crippen LogP contribution in [0.15, 0.2) is 10.5 Å². The lowest BCUT2D eigenvalue weighted by Crippen LogP contribution is -2.46. The zero-order valence-electron chi connectivity index (χ0n) is 12.0. The highest BCUT2D eigenvalue weighted by atomic mass is 32.2. The maximum absolute atomic E-state index is 11.8. The van der Waals surface area contributed by atoms with Crippen LogP contribution in [0.5, 0.6) is 0 Å². The largest absolute Gasteiger partial charge is 0.464 e. The molecule has 1 aromatic rings. The van der Waals surface area contributed by atoms with E-state index in [4.69, 9.17) is 10.3 Å². The first-order valence-electron chi connectivity index (χ1n) is 6.44. The normalized spacial score (nSPS) is 20.4. The van der Waals surface area contributed by atoms with Gasteiger partial charge in [-0.25, -0.2) is 14.3 Å². The fraction of sp³-hybridized carbons (Fsp3) is 0.583. The smallest absolute Gasteiger partial charge is 0.268 e. The zero-order chi connectivity index (χ0) is 15.6. The topological polar surface area (TPSA) is 106 Å². The Kier molecular flexibility index (Phi) is 4.97. The Bertz CT molecular complexity index is 626. The number of amides is 1. The van der Waals surface area contributed by atoms with Gasteiger partial charge in [0.1, 0.15) is 16.9 Å². The van der Waals surface area contributed by atoms with Crippen molar-refractivity contribution in [3.8, 4) is 0 Å². The third-order valence-electron chi connectivity index (χ3n) is 3.39. The molecule has 7 nitrogen and oxygen atoms in total. The first-order chi connectivity index (χ1) is 9.82. The molecule has 118 valence electrons. The Morgan fingerprint density at radius 1 is 1.62 bits per heavy atom. The van der Waals surface area contributed by atoms with Crippen LogP contribution >= 0.6 is 11.8 Å². The van der Waals surface area contributed by atoms with Crippen LogP contribution in [0.25, 0.3) is 0 Å². The van der Waals surface area contributed by atoms with Crippen molar-refractivity contribution in [2.45, 2.75) is 18.8 Å². The van der Waals surface area contributed by atoms with Crippen LogP contribution in [0.3, 0.4) is 0 Å². The number of carbonyl (C=O) groups is 1. The van der Waals surface area contributed by atoms with E-state index in [1.165, 1.54) is 6.26 Å². The summed E-state index contributed by atoms with van der Waals surface area (Å²) in [6, 6.07) is 1.61. The van der Waals surface area contributed by atoms with Gasteiger partial charge in [-0.15, -0.1) is 0 Å². The van der Waals surface area contributed by atoms with Crippen molar-refractivity contribution in [1.29, 1.82) is 0 Å². The maximum Gasteiger partial charge on any atom is 0.268 e. The molecule has 1 aliphatic rings. The van der Waals surface area contributed by atoms with E-state index in [0.717, 1.165) is 5.75 Å². The van der Waals surface area contributed by atoms with Gasteiger partial charge in [0.15, 0.2) is 9.84 Å². The molecular formula is C12H19N3O4S2. The molecule has 2 rings (SSSR count). The molecule has 1 aromatic heterocycles. The van der Waals surface area contributed by atoms with Gasteiger partial charge < -0.3 is 4.42 Å². The van der Waals surface area contributed by atoms with Crippen molar-refractivity contribution in [2.24, 2.45) is 5.84 Å². The van der Waals surface area contributed by atoms with Gasteiger partial charge in [0.05, 0.1) is 12.1 Å². The lowest BCUT2D eigenvalue weighted by molar-refractivity contribution is 0.0952. The first-order valence-corrected chi connectivity index (χ1v) is 9.54. The number of aryl methyl sites for hydroxylation is 1. The predicted octanol–water partition coefficient (Wildman–Crippen LogP) is 0.111. The summed E-state index contributed by atoms with van der Waals surface area (Å²) in [6.45, 7) is 2.70. The average molecular weight is 333 g/mol. The maximum atomic E-state index is 11.8. The van der Waals surface area contributed by atoms with Crippen LogP contribution in [-0.2, 0) is 16.4 Å². The number of sulfone groups is 1. The third kappa shape index (κ3) is 3.79. The van der Waals surface area contributed by atoms with E-state index in [0.29, 0.717) is 35.9 Å². The van der Waals surface area contributed by atoms with Crippen molar-refractivity contribution in [1.82, 2.24) is 10.3 Å². The summed E-state index contributed by atoms with van der Waals surface area (Å²) in [5.74, 6) is 7.15. The molecule has 2 heterocycles. The fourth-order valence-corrected chi connectivity index (χ4v) is 5.26. The number of nitrogens with two attached hydrogens (primary N) is 1. The number of nitrogens with one attached hydrogen (secondary N) is 1. The van der Waals surface area contributed by atoms with Gasteiger partial charge in [0, 0.05) is 24.3 Å². The minimum Gasteiger partial charge on any atom is -0.464 e. The summed E-state index contributed by atoms with van der Waals surface area (Å²) in [5.41, 5.74) is 2.43. The molecule has 0 bridgehead atoms. The lowest BCUT2D eigenvalue weighted by atomic mass is 10.2. The highest BCUT2D eigenvalue weighted by molar-refractivity contribution is 8.00. The molecule has 1 saturated heterocycles. The Morgan fingerprint density at radius 2 is 2.33 bits per heavy atom. The van der Waals surface area contributed by atoms with E-state index in [9.17, 15) is 13.2 Å². The summed E-state index contributed by atoms with van der Waals surface area (Å²) >= 11 is 1.63. The number of rotatable bonds is 4. The molecular weight excluding hydrogens is 314 g/mol. The quantitative estimate of drug-likeness (QED) is 0.458. The number of nitrogen functional groups attached to an aromatic ring is 1. The summed E-state index contributed by atoms with van der Waals surface area (Å²) in [5, 5.41) is -0.520. The minimum absolute atomic E-state index is 0.358. The van der Waals surface area contributed by atoms with Gasteiger partial charge in [-0.2, -0.15) is 11.8 Å². The van der Waals surface area contributed by atoms with Crippen LogP contribution in [0.4, 0.5) is 0 Å². The van der Waals surface area contributed by atoms with E-state index in [1.807, 2.05) is 4.90 Å². The standard InChI is InChI=1S/C12H19N3O4S2/c1-8-10(12(16)14-13)5-9(19-8)6-15-3-4-20-7-11(15)21(2,17)18/h5,11H,3-4,6-7,13H2,1-2H3,(H,14,16). The van der Waals surface area contributed by atoms with Gasteiger partial charge in [-0.3, -0.25) is 15.1 Å². The number of carbonyl (C=O) groups excluding carboxylic acids is 1. The van der Waals surface area contributed by atoms with Gasteiger partial charge in [-0.05, 0) is 13.0 Å². The molecule has 1 amide bonds. The molecule has 1 aliphatic heterocycles. The van der Waals surface area contributed by atoms with Crippen molar-refractivity contribution in [3.63, 3.8) is 0 Å². The second-order valence-corrected chi connectivity index (χ2v) is 8.34. The molecule has 0 saturated carbocycles. The molecule has 0 spiro atoms. The molecule has 0 radical (unpaired) electrons. The summed E-state index contributed by atoms with van der Waals surface area (Å²) in [4.78, 5) is 13.4. The Labute approximate surface area is 128 Å². The predicted molar refractivity (Wildman–Crippen MR) is 81.5 cm³/mol. The number of nitrogens with zero attached hydrogens (tertiary/aromatic N) is 1. The molecule has 1 fully saturated rings.